The highest BCUT2D eigenvalue weighted by molar-refractivity contribution is 9.10. The van der Waals surface area contributed by atoms with E-state index in [1.54, 1.807) is 42.5 Å². The first-order valence-electron chi connectivity index (χ1n) is 6.39. The molecule has 0 heterocycles. The van der Waals surface area contributed by atoms with E-state index in [2.05, 4.69) is 15.9 Å². The summed E-state index contributed by atoms with van der Waals surface area (Å²) in [5.41, 5.74) is 0.435. The molecule has 21 heavy (non-hydrogen) atoms. The van der Waals surface area contributed by atoms with Gasteiger partial charge in [0.25, 0.3) is 0 Å². The van der Waals surface area contributed by atoms with E-state index in [4.69, 9.17) is 21.1 Å². The van der Waals surface area contributed by atoms with Crippen molar-refractivity contribution in [1.29, 1.82) is 0 Å². The average molecular weight is 370 g/mol. The molecule has 0 aromatic heterocycles. The van der Waals surface area contributed by atoms with E-state index in [9.17, 15) is 4.79 Å². The van der Waals surface area contributed by atoms with Crippen LogP contribution < -0.4 is 9.47 Å². The SMILES string of the molecule is CC(C)Oc1ccc(C(=O)Oc2ccc(Br)cc2Cl)cc1. The summed E-state index contributed by atoms with van der Waals surface area (Å²) in [7, 11) is 0. The van der Waals surface area contributed by atoms with Crippen molar-refractivity contribution in [2.45, 2.75) is 20.0 Å². The fraction of sp³-hybridized carbons (Fsp3) is 0.188. The maximum Gasteiger partial charge on any atom is 0.343 e. The highest BCUT2D eigenvalue weighted by atomic mass is 79.9. The lowest BCUT2D eigenvalue weighted by Crippen LogP contribution is -2.09. The van der Waals surface area contributed by atoms with Crippen LogP contribution in [0.1, 0.15) is 24.2 Å². The fourth-order valence-electron chi connectivity index (χ4n) is 1.66. The Kier molecular flexibility index (Phi) is 5.26. The number of benzene rings is 2. The number of hydrogen-bond donors (Lipinski definition) is 0. The molecule has 2 rings (SSSR count). The Labute approximate surface area is 137 Å². The Bertz CT molecular complexity index is 638. The minimum absolute atomic E-state index is 0.0874. The van der Waals surface area contributed by atoms with Crippen molar-refractivity contribution in [3.63, 3.8) is 0 Å². The van der Waals surface area contributed by atoms with Crippen molar-refractivity contribution in [2.75, 3.05) is 0 Å². The number of hydrogen-bond acceptors (Lipinski definition) is 3. The summed E-state index contributed by atoms with van der Waals surface area (Å²) >= 11 is 9.31. The summed E-state index contributed by atoms with van der Waals surface area (Å²) in [5.74, 6) is 0.575. The Balaban J connectivity index is 2.09. The van der Waals surface area contributed by atoms with Crippen molar-refractivity contribution in [3.05, 3.63) is 57.5 Å². The predicted octanol–water partition coefficient (Wildman–Crippen LogP) is 5.11. The van der Waals surface area contributed by atoms with Gasteiger partial charge < -0.3 is 9.47 Å². The normalized spacial score (nSPS) is 10.5. The van der Waals surface area contributed by atoms with E-state index in [0.29, 0.717) is 22.1 Å². The van der Waals surface area contributed by atoms with Crippen LogP contribution in [-0.2, 0) is 0 Å². The molecule has 0 aliphatic carbocycles. The van der Waals surface area contributed by atoms with E-state index in [0.717, 1.165) is 4.47 Å². The zero-order chi connectivity index (χ0) is 15.4. The molecule has 0 bridgehead atoms. The third-order valence-electron chi connectivity index (χ3n) is 2.56. The number of rotatable bonds is 4. The maximum atomic E-state index is 12.1. The first kappa shape index (κ1) is 15.9. The number of carbonyl (C=O) groups excluding carboxylic acids is 1. The van der Waals surface area contributed by atoms with Gasteiger partial charge in [-0.15, -0.1) is 0 Å². The molecular formula is C16H14BrClO3. The Morgan fingerprint density at radius 1 is 1.14 bits per heavy atom. The molecular weight excluding hydrogens is 356 g/mol. The van der Waals surface area contributed by atoms with E-state index < -0.39 is 5.97 Å². The van der Waals surface area contributed by atoms with Crippen LogP contribution in [-0.4, -0.2) is 12.1 Å². The Morgan fingerprint density at radius 2 is 1.81 bits per heavy atom. The fourth-order valence-corrected chi connectivity index (χ4v) is 2.37. The highest BCUT2D eigenvalue weighted by Gasteiger charge is 2.11. The van der Waals surface area contributed by atoms with E-state index in [1.165, 1.54) is 0 Å². The predicted molar refractivity (Wildman–Crippen MR) is 86.3 cm³/mol. The van der Waals surface area contributed by atoms with Gasteiger partial charge in [-0.05, 0) is 56.3 Å². The van der Waals surface area contributed by atoms with Gasteiger partial charge in [0.1, 0.15) is 11.5 Å². The molecule has 5 heteroatoms. The lowest BCUT2D eigenvalue weighted by molar-refractivity contribution is 0.0735. The second kappa shape index (κ2) is 6.96. The summed E-state index contributed by atoms with van der Waals surface area (Å²) < 4.78 is 11.6. The number of ether oxygens (including phenoxy) is 2. The maximum absolute atomic E-state index is 12.1. The summed E-state index contributed by atoms with van der Waals surface area (Å²) in [6.07, 6.45) is 0.0874. The van der Waals surface area contributed by atoms with Crippen LogP contribution in [0.25, 0.3) is 0 Å². The first-order chi connectivity index (χ1) is 9.95. The number of halogens is 2. The summed E-state index contributed by atoms with van der Waals surface area (Å²) in [4.78, 5) is 12.1. The molecule has 0 spiro atoms. The molecule has 110 valence electrons. The largest absolute Gasteiger partial charge is 0.491 e. The number of carbonyl (C=O) groups is 1. The molecule has 2 aromatic carbocycles. The van der Waals surface area contributed by atoms with Gasteiger partial charge in [-0.2, -0.15) is 0 Å². The van der Waals surface area contributed by atoms with E-state index >= 15 is 0 Å². The molecule has 0 aliphatic rings. The third kappa shape index (κ3) is 4.48. The quantitative estimate of drug-likeness (QED) is 0.555. The lowest BCUT2D eigenvalue weighted by atomic mass is 10.2. The van der Waals surface area contributed by atoms with Crippen LogP contribution in [0.5, 0.6) is 11.5 Å². The second-order valence-electron chi connectivity index (χ2n) is 4.66. The minimum Gasteiger partial charge on any atom is -0.491 e. The topological polar surface area (TPSA) is 35.5 Å². The van der Waals surface area contributed by atoms with Crippen LogP contribution in [0.3, 0.4) is 0 Å². The van der Waals surface area contributed by atoms with Crippen molar-refractivity contribution >= 4 is 33.5 Å². The van der Waals surface area contributed by atoms with Crippen LogP contribution in [0.15, 0.2) is 46.9 Å². The molecule has 0 saturated carbocycles. The van der Waals surface area contributed by atoms with Crippen molar-refractivity contribution in [3.8, 4) is 11.5 Å². The van der Waals surface area contributed by atoms with Gasteiger partial charge in [-0.25, -0.2) is 4.79 Å². The van der Waals surface area contributed by atoms with Crippen molar-refractivity contribution in [2.24, 2.45) is 0 Å². The Morgan fingerprint density at radius 3 is 2.38 bits per heavy atom. The van der Waals surface area contributed by atoms with Gasteiger partial charge in [0.2, 0.25) is 0 Å². The number of esters is 1. The standard InChI is InChI=1S/C16H14BrClO3/c1-10(2)20-13-6-3-11(4-7-13)16(19)21-15-8-5-12(17)9-14(15)18/h3-10H,1-2H3. The van der Waals surface area contributed by atoms with Crippen LogP contribution in [0.2, 0.25) is 5.02 Å². The molecule has 0 amide bonds. The smallest absolute Gasteiger partial charge is 0.343 e. The second-order valence-corrected chi connectivity index (χ2v) is 5.98. The molecule has 0 fully saturated rings. The zero-order valence-electron chi connectivity index (χ0n) is 11.6. The first-order valence-corrected chi connectivity index (χ1v) is 7.57. The third-order valence-corrected chi connectivity index (χ3v) is 3.35. The Hall–Kier alpha value is -1.52. The molecule has 0 atom stereocenters. The van der Waals surface area contributed by atoms with Gasteiger partial charge in [0, 0.05) is 4.47 Å². The molecule has 0 saturated heterocycles. The minimum atomic E-state index is -0.463. The van der Waals surface area contributed by atoms with Crippen molar-refractivity contribution < 1.29 is 14.3 Å². The summed E-state index contributed by atoms with van der Waals surface area (Å²) in [6.45, 7) is 3.88. The molecule has 0 aliphatic heterocycles. The van der Waals surface area contributed by atoms with Gasteiger partial charge in [0.05, 0.1) is 16.7 Å². The van der Waals surface area contributed by atoms with Crippen LogP contribution in [0.4, 0.5) is 0 Å². The molecule has 0 radical (unpaired) electrons. The average Bonchev–Trinajstić information content (AvgIpc) is 2.42. The van der Waals surface area contributed by atoms with E-state index in [1.807, 2.05) is 13.8 Å². The van der Waals surface area contributed by atoms with Crippen LogP contribution in [0, 0.1) is 0 Å². The molecule has 3 nitrogen and oxygen atoms in total. The van der Waals surface area contributed by atoms with Gasteiger partial charge in [-0.1, -0.05) is 27.5 Å². The van der Waals surface area contributed by atoms with E-state index in [-0.39, 0.29) is 6.10 Å². The zero-order valence-corrected chi connectivity index (χ0v) is 13.9. The summed E-state index contributed by atoms with van der Waals surface area (Å²) in [5, 5.41) is 0.373. The van der Waals surface area contributed by atoms with Crippen LogP contribution >= 0.6 is 27.5 Å². The summed E-state index contributed by atoms with van der Waals surface area (Å²) in [6, 6.07) is 11.9. The monoisotopic (exact) mass is 368 g/mol. The highest BCUT2D eigenvalue weighted by Crippen LogP contribution is 2.28. The van der Waals surface area contributed by atoms with Gasteiger partial charge >= 0.3 is 5.97 Å². The molecule has 0 unspecified atom stereocenters. The molecule has 2 aromatic rings. The van der Waals surface area contributed by atoms with Gasteiger partial charge in [-0.3, -0.25) is 0 Å². The molecule has 0 N–H and O–H groups in total. The van der Waals surface area contributed by atoms with Gasteiger partial charge in [0.15, 0.2) is 0 Å². The lowest BCUT2D eigenvalue weighted by Gasteiger charge is -2.10. The van der Waals surface area contributed by atoms with Crippen molar-refractivity contribution in [1.82, 2.24) is 0 Å².